The Labute approximate surface area is 145 Å². The Morgan fingerprint density at radius 1 is 1.32 bits per heavy atom. The number of benzene rings is 1. The van der Waals surface area contributed by atoms with Crippen LogP contribution in [0.4, 0.5) is 5.69 Å². The Morgan fingerprint density at radius 2 is 2.04 bits per heavy atom. The molecule has 8 nitrogen and oxygen atoms in total. The van der Waals surface area contributed by atoms with Gasteiger partial charge in [-0.1, -0.05) is 5.16 Å². The van der Waals surface area contributed by atoms with E-state index in [1.165, 1.54) is 0 Å². The molecule has 1 aliphatic heterocycles. The van der Waals surface area contributed by atoms with Crippen molar-refractivity contribution in [1.29, 1.82) is 0 Å². The number of nitrogens with zero attached hydrogens (tertiary/aromatic N) is 2. The van der Waals surface area contributed by atoms with Crippen LogP contribution < -0.4 is 15.8 Å². The van der Waals surface area contributed by atoms with Crippen LogP contribution in [0.1, 0.15) is 24.6 Å². The van der Waals surface area contributed by atoms with Gasteiger partial charge in [0.25, 0.3) is 5.89 Å². The largest absolute Gasteiger partial charge is 0.484 e. The summed E-state index contributed by atoms with van der Waals surface area (Å²) in [6, 6.07) is 7.13. The van der Waals surface area contributed by atoms with Crippen LogP contribution in [0.3, 0.4) is 0 Å². The van der Waals surface area contributed by atoms with Crippen LogP contribution in [0.25, 0.3) is 0 Å². The number of carbonyl (C=O) groups excluding carboxylic acids is 1. The van der Waals surface area contributed by atoms with E-state index >= 15 is 0 Å². The molecule has 134 valence electrons. The lowest BCUT2D eigenvalue weighted by Gasteiger charge is -2.34. The average Bonchev–Trinajstić information content (AvgIpc) is 3.07. The summed E-state index contributed by atoms with van der Waals surface area (Å²) in [5.41, 5.74) is 6.00. The van der Waals surface area contributed by atoms with Crippen molar-refractivity contribution in [3.8, 4) is 5.75 Å². The molecule has 0 radical (unpaired) electrons. The zero-order valence-electron chi connectivity index (χ0n) is 14.2. The highest BCUT2D eigenvalue weighted by molar-refractivity contribution is 5.95. The normalized spacial score (nSPS) is 16.4. The van der Waals surface area contributed by atoms with E-state index in [-0.39, 0.29) is 12.5 Å². The maximum absolute atomic E-state index is 12.6. The summed E-state index contributed by atoms with van der Waals surface area (Å²) in [5.74, 6) is 1.57. The fraction of sp³-hybridized carbons (Fsp3) is 0.471. The van der Waals surface area contributed by atoms with Crippen LogP contribution in [0.15, 0.2) is 28.8 Å². The standard InChI is InChI=1S/C17H22N4O4/c1-12-19-15(25-21-12)10-24-14-4-2-13(3-5-14)20-16(22)17(11-18)6-8-23-9-7-17/h2-5H,6-11,18H2,1H3,(H,20,22). The monoisotopic (exact) mass is 346 g/mol. The minimum Gasteiger partial charge on any atom is -0.484 e. The van der Waals surface area contributed by atoms with Crippen molar-refractivity contribution in [2.24, 2.45) is 11.1 Å². The number of aromatic nitrogens is 2. The predicted octanol–water partition coefficient (Wildman–Crippen LogP) is 1.65. The van der Waals surface area contributed by atoms with Gasteiger partial charge in [-0.05, 0) is 44.0 Å². The van der Waals surface area contributed by atoms with E-state index in [2.05, 4.69) is 15.5 Å². The smallest absolute Gasteiger partial charge is 0.264 e. The van der Waals surface area contributed by atoms with Crippen LogP contribution in [0, 0.1) is 12.3 Å². The van der Waals surface area contributed by atoms with Crippen LogP contribution >= 0.6 is 0 Å². The first-order chi connectivity index (χ1) is 12.1. The van der Waals surface area contributed by atoms with Crippen molar-refractivity contribution < 1.29 is 18.8 Å². The first kappa shape index (κ1) is 17.4. The number of carbonyl (C=O) groups is 1. The Bertz CT molecular complexity index is 708. The summed E-state index contributed by atoms with van der Waals surface area (Å²) in [6.07, 6.45) is 1.28. The molecule has 1 aromatic carbocycles. The van der Waals surface area contributed by atoms with Gasteiger partial charge >= 0.3 is 0 Å². The van der Waals surface area contributed by atoms with E-state index in [0.29, 0.717) is 55.8 Å². The van der Waals surface area contributed by atoms with E-state index in [9.17, 15) is 4.79 Å². The third-order valence-corrected chi connectivity index (χ3v) is 4.37. The molecular formula is C17H22N4O4. The van der Waals surface area contributed by atoms with E-state index in [1.807, 2.05) is 0 Å². The van der Waals surface area contributed by atoms with Crippen molar-refractivity contribution in [1.82, 2.24) is 10.1 Å². The number of nitrogens with two attached hydrogens (primary N) is 1. The second-order valence-corrected chi connectivity index (χ2v) is 6.10. The van der Waals surface area contributed by atoms with E-state index in [0.717, 1.165) is 0 Å². The Balaban J connectivity index is 1.57. The number of nitrogens with one attached hydrogen (secondary N) is 1. The molecular weight excluding hydrogens is 324 g/mol. The lowest BCUT2D eigenvalue weighted by atomic mass is 9.79. The minimum atomic E-state index is -0.552. The fourth-order valence-electron chi connectivity index (χ4n) is 2.73. The van der Waals surface area contributed by atoms with Crippen LogP contribution in [-0.4, -0.2) is 35.8 Å². The first-order valence-electron chi connectivity index (χ1n) is 8.23. The van der Waals surface area contributed by atoms with E-state index < -0.39 is 5.41 Å². The Kier molecular flexibility index (Phi) is 5.30. The molecule has 1 aromatic heterocycles. The maximum Gasteiger partial charge on any atom is 0.264 e. The van der Waals surface area contributed by atoms with E-state index in [4.69, 9.17) is 19.7 Å². The highest BCUT2D eigenvalue weighted by Crippen LogP contribution is 2.31. The van der Waals surface area contributed by atoms with E-state index in [1.54, 1.807) is 31.2 Å². The van der Waals surface area contributed by atoms with Gasteiger partial charge in [-0.25, -0.2) is 0 Å². The molecule has 1 amide bonds. The van der Waals surface area contributed by atoms with Gasteiger partial charge in [-0.3, -0.25) is 4.79 Å². The van der Waals surface area contributed by atoms with Crippen LogP contribution in [0.5, 0.6) is 5.75 Å². The van der Waals surface area contributed by atoms with Gasteiger partial charge < -0.3 is 25.0 Å². The molecule has 8 heteroatoms. The number of hydrogen-bond donors (Lipinski definition) is 2. The SMILES string of the molecule is Cc1noc(COc2ccc(NC(=O)C3(CN)CCOCC3)cc2)n1. The molecule has 0 unspecified atom stereocenters. The second-order valence-electron chi connectivity index (χ2n) is 6.10. The molecule has 0 spiro atoms. The quantitative estimate of drug-likeness (QED) is 0.817. The summed E-state index contributed by atoms with van der Waals surface area (Å²) in [7, 11) is 0. The molecule has 1 aliphatic rings. The molecule has 1 fully saturated rings. The number of rotatable bonds is 6. The molecule has 0 aliphatic carbocycles. The highest BCUT2D eigenvalue weighted by atomic mass is 16.5. The zero-order valence-corrected chi connectivity index (χ0v) is 14.2. The zero-order chi connectivity index (χ0) is 17.7. The van der Waals surface area contributed by atoms with Crippen molar-refractivity contribution in [2.75, 3.05) is 25.1 Å². The van der Waals surface area contributed by atoms with Gasteiger partial charge in [-0.2, -0.15) is 4.98 Å². The summed E-state index contributed by atoms with van der Waals surface area (Å²) < 4.78 is 15.9. The number of anilines is 1. The summed E-state index contributed by atoms with van der Waals surface area (Å²) in [6.45, 7) is 3.38. The lowest BCUT2D eigenvalue weighted by molar-refractivity contribution is -0.130. The molecule has 2 aromatic rings. The van der Waals surface area contributed by atoms with Gasteiger partial charge in [0.1, 0.15) is 5.75 Å². The summed E-state index contributed by atoms with van der Waals surface area (Å²) in [4.78, 5) is 16.7. The Hall–Kier alpha value is -2.45. The molecule has 3 N–H and O–H groups in total. The van der Waals surface area contributed by atoms with Gasteiger partial charge in [0, 0.05) is 25.4 Å². The molecule has 0 atom stereocenters. The maximum atomic E-state index is 12.6. The fourth-order valence-corrected chi connectivity index (χ4v) is 2.73. The van der Waals surface area contributed by atoms with Gasteiger partial charge in [0.05, 0.1) is 5.41 Å². The third kappa shape index (κ3) is 4.15. The van der Waals surface area contributed by atoms with Crippen LogP contribution in [0.2, 0.25) is 0 Å². The molecule has 0 bridgehead atoms. The molecule has 1 saturated heterocycles. The van der Waals surface area contributed by atoms with Crippen LogP contribution in [-0.2, 0) is 16.1 Å². The number of ether oxygens (including phenoxy) is 2. The summed E-state index contributed by atoms with van der Waals surface area (Å²) in [5, 5.41) is 6.64. The topological polar surface area (TPSA) is 113 Å². The number of aryl methyl sites for hydroxylation is 1. The van der Waals surface area contributed by atoms with Crippen molar-refractivity contribution in [2.45, 2.75) is 26.4 Å². The predicted molar refractivity (Wildman–Crippen MR) is 90.0 cm³/mol. The Morgan fingerprint density at radius 3 is 2.64 bits per heavy atom. The molecule has 3 rings (SSSR count). The minimum absolute atomic E-state index is 0.0618. The number of hydrogen-bond acceptors (Lipinski definition) is 7. The average molecular weight is 346 g/mol. The van der Waals surface area contributed by atoms with Gasteiger partial charge in [0.15, 0.2) is 12.4 Å². The lowest BCUT2D eigenvalue weighted by Crippen LogP contribution is -2.46. The molecule has 25 heavy (non-hydrogen) atoms. The molecule has 0 saturated carbocycles. The van der Waals surface area contributed by atoms with Crippen molar-refractivity contribution in [3.63, 3.8) is 0 Å². The van der Waals surface area contributed by atoms with Crippen molar-refractivity contribution >= 4 is 11.6 Å². The summed E-state index contributed by atoms with van der Waals surface area (Å²) >= 11 is 0. The highest BCUT2D eigenvalue weighted by Gasteiger charge is 2.38. The number of amides is 1. The third-order valence-electron chi connectivity index (χ3n) is 4.37. The first-order valence-corrected chi connectivity index (χ1v) is 8.23. The van der Waals surface area contributed by atoms with Gasteiger partial charge in [-0.15, -0.1) is 0 Å². The molecule has 2 heterocycles. The second kappa shape index (κ2) is 7.62. The van der Waals surface area contributed by atoms with Crippen molar-refractivity contribution in [3.05, 3.63) is 36.0 Å². The van der Waals surface area contributed by atoms with Gasteiger partial charge in [0.2, 0.25) is 5.91 Å².